The first-order chi connectivity index (χ1) is 12.0. The minimum atomic E-state index is -8.80. The molecule has 1 unspecified atom stereocenters. The molecule has 176 valence electrons. The molecule has 0 saturated carbocycles. The Kier molecular flexibility index (Phi) is 6.07. The van der Waals surface area contributed by atoms with Crippen molar-refractivity contribution in [1.29, 1.82) is 0 Å². The molecule has 0 rings (SSSR count). The average molecular weight is 482 g/mol. The molecule has 0 aliphatic rings. The zero-order valence-electron chi connectivity index (χ0n) is 12.8. The van der Waals surface area contributed by atoms with Crippen molar-refractivity contribution in [2.75, 3.05) is 0 Å². The number of hydrogen-bond acceptors (Lipinski definition) is 1. The quantitative estimate of drug-likeness (QED) is 0.464. The number of hydrogen-bond donors (Lipinski definition) is 1. The number of alkyl halides is 18. The van der Waals surface area contributed by atoms with Crippen molar-refractivity contribution in [2.45, 2.75) is 60.4 Å². The van der Waals surface area contributed by atoms with Crippen molar-refractivity contribution >= 4 is 0 Å². The van der Waals surface area contributed by atoms with Crippen LogP contribution < -0.4 is 0 Å². The summed E-state index contributed by atoms with van der Waals surface area (Å²) in [5, 5.41) is 8.03. The minimum absolute atomic E-state index is 1.11. The summed E-state index contributed by atoms with van der Waals surface area (Å²) in [4.78, 5) is 0. The Labute approximate surface area is 146 Å². The normalized spacial score (nSPS) is 18.6. The SMILES string of the molecule is CC(O)(F)C(F)(F)C(F)(F)C(F)(F)C(F)(F)C(F)(F)C(F)(F)C(F)(F)C(F)(F)F. The minimum Gasteiger partial charge on any atom is -0.357 e. The first-order valence-corrected chi connectivity index (χ1v) is 6.13. The lowest BCUT2D eigenvalue weighted by molar-refractivity contribution is -0.470. The van der Waals surface area contributed by atoms with E-state index < -0.39 is 60.4 Å². The zero-order valence-corrected chi connectivity index (χ0v) is 12.8. The van der Waals surface area contributed by atoms with E-state index in [0.717, 1.165) is 0 Å². The molecule has 0 aromatic carbocycles. The molecule has 0 aromatic rings. The van der Waals surface area contributed by atoms with Crippen molar-refractivity contribution in [3.63, 3.8) is 0 Å². The summed E-state index contributed by atoms with van der Waals surface area (Å²) in [6.45, 7) is -1.11. The van der Waals surface area contributed by atoms with Gasteiger partial charge < -0.3 is 5.11 Å². The molecule has 0 radical (unpaired) electrons. The van der Waals surface area contributed by atoms with Crippen molar-refractivity contribution in [2.24, 2.45) is 0 Å². The lowest BCUT2D eigenvalue weighted by atomic mass is 9.87. The van der Waals surface area contributed by atoms with E-state index in [1.54, 1.807) is 0 Å². The van der Waals surface area contributed by atoms with Gasteiger partial charge in [-0.3, -0.25) is 0 Å². The second-order valence-corrected chi connectivity index (χ2v) is 5.47. The van der Waals surface area contributed by atoms with Crippen LogP contribution in [0.15, 0.2) is 0 Å². The number of aliphatic hydroxyl groups is 1. The van der Waals surface area contributed by atoms with Gasteiger partial charge in [0.25, 0.3) is 5.85 Å². The van der Waals surface area contributed by atoms with Crippen LogP contribution in [0.3, 0.4) is 0 Å². The van der Waals surface area contributed by atoms with Gasteiger partial charge in [-0.15, -0.1) is 0 Å². The second kappa shape index (κ2) is 6.35. The maximum atomic E-state index is 13.1. The summed E-state index contributed by atoms with van der Waals surface area (Å²) in [5.41, 5.74) is 0. The molecule has 0 aliphatic carbocycles. The molecule has 1 N–H and O–H groups in total. The van der Waals surface area contributed by atoms with Gasteiger partial charge in [0.1, 0.15) is 0 Å². The lowest BCUT2D eigenvalue weighted by Crippen LogP contribution is -2.75. The number of rotatable bonds is 7. The second-order valence-electron chi connectivity index (χ2n) is 5.47. The Hall–Kier alpha value is -1.30. The van der Waals surface area contributed by atoms with Gasteiger partial charge in [0, 0.05) is 6.92 Å². The predicted octanol–water partition coefficient (Wildman–Crippen LogP) is 5.67. The summed E-state index contributed by atoms with van der Waals surface area (Å²) >= 11 is 0. The Balaban J connectivity index is 6.82. The molecule has 1 nitrogen and oxygen atoms in total. The van der Waals surface area contributed by atoms with E-state index in [4.69, 9.17) is 5.11 Å². The van der Waals surface area contributed by atoms with Crippen molar-refractivity contribution in [1.82, 2.24) is 0 Å². The third kappa shape index (κ3) is 3.26. The fourth-order valence-electron chi connectivity index (χ4n) is 1.45. The van der Waals surface area contributed by atoms with Crippen LogP contribution in [0.1, 0.15) is 6.92 Å². The lowest BCUT2D eigenvalue weighted by Gasteiger charge is -2.43. The molecular formula is C10H4F18O. The van der Waals surface area contributed by atoms with E-state index in [0.29, 0.717) is 0 Å². The number of halogens is 18. The van der Waals surface area contributed by atoms with Crippen LogP contribution in [0, 0.1) is 0 Å². The smallest absolute Gasteiger partial charge is 0.357 e. The van der Waals surface area contributed by atoms with Crippen LogP contribution in [0.25, 0.3) is 0 Å². The van der Waals surface area contributed by atoms with Crippen LogP contribution in [0.5, 0.6) is 0 Å². The summed E-state index contributed by atoms with van der Waals surface area (Å²) in [7, 11) is 0. The van der Waals surface area contributed by atoms with Crippen LogP contribution >= 0.6 is 0 Å². The molecule has 19 heteroatoms. The van der Waals surface area contributed by atoms with Gasteiger partial charge in [-0.1, -0.05) is 0 Å². The van der Waals surface area contributed by atoms with Crippen LogP contribution in [0.2, 0.25) is 0 Å². The molecule has 0 fully saturated rings. The third-order valence-corrected chi connectivity index (χ3v) is 3.30. The summed E-state index contributed by atoms with van der Waals surface area (Å²) in [5.74, 6) is -64.8. The van der Waals surface area contributed by atoms with Crippen molar-refractivity contribution in [3.8, 4) is 0 Å². The topological polar surface area (TPSA) is 20.2 Å². The molecular weight excluding hydrogens is 478 g/mol. The summed E-state index contributed by atoms with van der Waals surface area (Å²) in [6.07, 6.45) is -7.85. The van der Waals surface area contributed by atoms with Crippen molar-refractivity contribution < 1.29 is 84.1 Å². The summed E-state index contributed by atoms with van der Waals surface area (Å²) in [6, 6.07) is 0. The van der Waals surface area contributed by atoms with Crippen LogP contribution in [-0.4, -0.2) is 58.6 Å². The largest absolute Gasteiger partial charge is 0.460 e. The van der Waals surface area contributed by atoms with E-state index in [9.17, 15) is 79.0 Å². The highest BCUT2D eigenvalue weighted by atomic mass is 19.4. The molecule has 0 amide bonds. The van der Waals surface area contributed by atoms with Gasteiger partial charge in [0.05, 0.1) is 0 Å². The molecule has 0 spiro atoms. The fourth-order valence-corrected chi connectivity index (χ4v) is 1.45. The molecule has 0 bridgehead atoms. The summed E-state index contributed by atoms with van der Waals surface area (Å²) < 4.78 is 229. The first kappa shape index (κ1) is 27.7. The maximum absolute atomic E-state index is 13.1. The highest BCUT2D eigenvalue weighted by molar-refractivity contribution is 5.16. The van der Waals surface area contributed by atoms with Crippen LogP contribution in [-0.2, 0) is 0 Å². The van der Waals surface area contributed by atoms with Crippen LogP contribution in [0.4, 0.5) is 79.0 Å². The van der Waals surface area contributed by atoms with Crippen molar-refractivity contribution in [3.05, 3.63) is 0 Å². The van der Waals surface area contributed by atoms with Gasteiger partial charge in [0.15, 0.2) is 0 Å². The molecule has 0 saturated heterocycles. The fraction of sp³-hybridized carbons (Fsp3) is 1.00. The van der Waals surface area contributed by atoms with E-state index in [2.05, 4.69) is 0 Å². The standard InChI is InChI=1S/C10H4F18O/c1-2(11,29)3(12,13)4(14,15)5(16,17)6(18,19)7(20,21)8(22,23)9(24,25)10(26,27)28/h29H,1H3. The Morgan fingerprint density at radius 1 is 0.345 bits per heavy atom. The molecule has 0 aliphatic heterocycles. The van der Waals surface area contributed by atoms with Gasteiger partial charge in [-0.2, -0.15) is 74.6 Å². The molecule has 1 atom stereocenters. The zero-order chi connectivity index (χ0) is 24.5. The molecule has 29 heavy (non-hydrogen) atoms. The first-order valence-electron chi connectivity index (χ1n) is 6.13. The Morgan fingerprint density at radius 2 is 0.517 bits per heavy atom. The molecule has 0 aromatic heterocycles. The monoisotopic (exact) mass is 482 g/mol. The third-order valence-electron chi connectivity index (χ3n) is 3.30. The highest BCUT2D eigenvalue weighted by Gasteiger charge is 2.96. The van der Waals surface area contributed by atoms with Gasteiger partial charge in [0.2, 0.25) is 0 Å². The highest BCUT2D eigenvalue weighted by Crippen LogP contribution is 2.64. The van der Waals surface area contributed by atoms with E-state index in [-0.39, 0.29) is 0 Å². The Morgan fingerprint density at radius 3 is 0.690 bits per heavy atom. The average Bonchev–Trinajstić information content (AvgIpc) is 2.43. The molecule has 0 heterocycles. The van der Waals surface area contributed by atoms with Gasteiger partial charge in [-0.05, 0) is 0 Å². The van der Waals surface area contributed by atoms with Gasteiger partial charge in [-0.25, -0.2) is 4.39 Å². The Bertz CT molecular complexity index is 555. The maximum Gasteiger partial charge on any atom is 0.460 e. The predicted molar refractivity (Wildman–Crippen MR) is 52.4 cm³/mol. The van der Waals surface area contributed by atoms with E-state index in [1.165, 1.54) is 0 Å². The van der Waals surface area contributed by atoms with E-state index >= 15 is 0 Å². The van der Waals surface area contributed by atoms with E-state index in [1.807, 2.05) is 0 Å². The van der Waals surface area contributed by atoms with Gasteiger partial charge >= 0.3 is 47.6 Å².